The van der Waals surface area contributed by atoms with Crippen molar-refractivity contribution in [2.24, 2.45) is 7.05 Å². The van der Waals surface area contributed by atoms with E-state index in [1.54, 1.807) is 24.8 Å². The van der Waals surface area contributed by atoms with Crippen LogP contribution in [0.5, 0.6) is 0 Å². The van der Waals surface area contributed by atoms with Crippen LogP contribution in [0.2, 0.25) is 0 Å². The first-order valence-electron chi connectivity index (χ1n) is 10.1. The summed E-state index contributed by atoms with van der Waals surface area (Å²) in [6.07, 6.45) is -1.64. The Labute approximate surface area is 142 Å². The van der Waals surface area contributed by atoms with Crippen molar-refractivity contribution in [3.05, 3.63) is 30.0 Å². The Bertz CT molecular complexity index is 873. The van der Waals surface area contributed by atoms with E-state index in [-0.39, 0.29) is 5.69 Å². The van der Waals surface area contributed by atoms with Gasteiger partial charge in [-0.15, -0.1) is 0 Å². The number of para-hydroxylation sites is 1. The zero-order valence-corrected chi connectivity index (χ0v) is 13.4. The van der Waals surface area contributed by atoms with Crippen LogP contribution in [0.15, 0.2) is 24.3 Å². The molecule has 2 aliphatic rings. The van der Waals surface area contributed by atoms with Crippen LogP contribution in [0, 0.1) is 0 Å². The number of nitrogens with zero attached hydrogens (tertiary/aromatic N) is 3. The van der Waals surface area contributed by atoms with Gasteiger partial charge in [0.15, 0.2) is 5.69 Å². The molecule has 2 aromatic rings. The lowest BCUT2D eigenvalue weighted by Gasteiger charge is -2.47. The summed E-state index contributed by atoms with van der Waals surface area (Å²) in [4.78, 5) is 14.8. The van der Waals surface area contributed by atoms with E-state index in [1.807, 2.05) is 23.1 Å². The minimum atomic E-state index is -1.88. The predicted octanol–water partition coefficient (Wildman–Crippen LogP) is 2.32. The standard InChI is InChI=1S/C18H24N4O/c1-21-13-6-5-7-14(21)11-12(10-13)19-18(23)17-15-8-3-4-9-16(15)22(2)20-17/h3-4,8-9,12-14H,5-7,10-11H2,1-2H3,(H,19,23)/i10D2,11D2. The largest absolute Gasteiger partial charge is 0.348 e. The summed E-state index contributed by atoms with van der Waals surface area (Å²) in [7, 11) is 3.53. The molecule has 2 atom stereocenters. The van der Waals surface area contributed by atoms with E-state index >= 15 is 0 Å². The maximum absolute atomic E-state index is 13.0. The average Bonchev–Trinajstić information content (AvgIpc) is 2.95. The highest BCUT2D eigenvalue weighted by Crippen LogP contribution is 2.32. The van der Waals surface area contributed by atoms with Crippen molar-refractivity contribution in [3.63, 3.8) is 0 Å². The van der Waals surface area contributed by atoms with Crippen LogP contribution in [0.4, 0.5) is 0 Å². The van der Waals surface area contributed by atoms with Crippen LogP contribution in [0.1, 0.15) is 48.0 Å². The molecule has 3 heterocycles. The van der Waals surface area contributed by atoms with Gasteiger partial charge in [-0.05, 0) is 38.7 Å². The third-order valence-electron chi connectivity index (χ3n) is 4.90. The molecule has 1 N–H and O–H groups in total. The predicted molar refractivity (Wildman–Crippen MR) is 90.4 cm³/mol. The second-order valence-corrected chi connectivity index (χ2v) is 6.36. The molecule has 5 heteroatoms. The fourth-order valence-electron chi connectivity index (χ4n) is 3.63. The number of hydrogen-bond donors (Lipinski definition) is 1. The number of aromatic nitrogens is 2. The Balaban J connectivity index is 1.71. The Morgan fingerprint density at radius 1 is 1.26 bits per heavy atom. The number of piperidine rings is 2. The molecule has 0 spiro atoms. The number of carbonyl (C=O) groups is 1. The molecule has 23 heavy (non-hydrogen) atoms. The van der Waals surface area contributed by atoms with Crippen LogP contribution < -0.4 is 5.32 Å². The molecule has 122 valence electrons. The van der Waals surface area contributed by atoms with Crippen LogP contribution in [-0.2, 0) is 7.05 Å². The first-order chi connectivity index (χ1) is 12.7. The molecular formula is C18H24N4O. The Morgan fingerprint density at radius 2 is 1.96 bits per heavy atom. The molecule has 4 rings (SSSR count). The number of benzene rings is 1. The van der Waals surface area contributed by atoms with Gasteiger partial charge < -0.3 is 10.2 Å². The van der Waals surface area contributed by atoms with Gasteiger partial charge in [-0.25, -0.2) is 0 Å². The van der Waals surface area contributed by atoms with E-state index in [0.717, 1.165) is 11.9 Å². The summed E-state index contributed by atoms with van der Waals surface area (Å²) < 4.78 is 36.1. The van der Waals surface area contributed by atoms with Gasteiger partial charge in [0.25, 0.3) is 5.91 Å². The molecule has 2 aliphatic heterocycles. The third kappa shape index (κ3) is 2.53. The van der Waals surface area contributed by atoms with Crippen LogP contribution in [0.3, 0.4) is 0 Å². The van der Waals surface area contributed by atoms with E-state index in [2.05, 4.69) is 10.4 Å². The van der Waals surface area contributed by atoms with Crippen LogP contribution >= 0.6 is 0 Å². The first kappa shape index (κ1) is 10.8. The lowest BCUT2D eigenvalue weighted by molar-refractivity contribution is 0.0462. The minimum absolute atomic E-state index is 0.198. The molecule has 2 unspecified atom stereocenters. The zero-order valence-electron chi connectivity index (χ0n) is 17.4. The highest BCUT2D eigenvalue weighted by Gasteiger charge is 2.36. The van der Waals surface area contributed by atoms with Crippen molar-refractivity contribution >= 4 is 16.8 Å². The van der Waals surface area contributed by atoms with Gasteiger partial charge in [0.1, 0.15) is 0 Å². The van der Waals surface area contributed by atoms with E-state index in [4.69, 9.17) is 5.48 Å². The summed E-state index contributed by atoms with van der Waals surface area (Å²) >= 11 is 0. The molecule has 0 saturated carbocycles. The van der Waals surface area contributed by atoms with E-state index in [9.17, 15) is 4.79 Å². The molecule has 5 nitrogen and oxygen atoms in total. The van der Waals surface area contributed by atoms with Gasteiger partial charge in [-0.1, -0.05) is 24.6 Å². The highest BCUT2D eigenvalue weighted by molar-refractivity contribution is 6.04. The summed E-state index contributed by atoms with van der Waals surface area (Å²) in [5.41, 5.74) is 0.998. The second kappa shape index (κ2) is 5.64. The molecular weight excluding hydrogens is 288 g/mol. The third-order valence-corrected chi connectivity index (χ3v) is 4.90. The van der Waals surface area contributed by atoms with Gasteiger partial charge in [0, 0.05) is 36.0 Å². The topological polar surface area (TPSA) is 50.2 Å². The molecule has 1 aromatic carbocycles. The zero-order chi connectivity index (χ0) is 19.6. The number of amides is 1. The number of hydrogen-bond acceptors (Lipinski definition) is 3. The van der Waals surface area contributed by atoms with Crippen LogP contribution in [-0.4, -0.2) is 45.8 Å². The molecule has 2 saturated heterocycles. The summed E-state index contributed by atoms with van der Waals surface area (Å²) in [6.45, 7) is 0. The monoisotopic (exact) mass is 316 g/mol. The van der Waals surface area contributed by atoms with Crippen LogP contribution in [0.25, 0.3) is 10.9 Å². The molecule has 0 radical (unpaired) electrons. The van der Waals surface area contributed by atoms with Crippen molar-refractivity contribution < 1.29 is 10.3 Å². The van der Waals surface area contributed by atoms with Gasteiger partial charge in [-0.3, -0.25) is 9.48 Å². The average molecular weight is 316 g/mol. The van der Waals surface area contributed by atoms with Crippen molar-refractivity contribution in [2.75, 3.05) is 7.05 Å². The molecule has 2 bridgehead atoms. The lowest BCUT2D eigenvalue weighted by Crippen LogP contribution is -2.55. The molecule has 1 amide bonds. The number of aryl methyl sites for hydroxylation is 1. The Hall–Kier alpha value is -1.88. The van der Waals surface area contributed by atoms with Crippen molar-refractivity contribution in [3.8, 4) is 0 Å². The van der Waals surface area contributed by atoms with Gasteiger partial charge in [-0.2, -0.15) is 5.10 Å². The minimum Gasteiger partial charge on any atom is -0.348 e. The molecule has 0 aliphatic carbocycles. The van der Waals surface area contributed by atoms with Gasteiger partial charge in [0.2, 0.25) is 0 Å². The number of fused-ring (bicyclic) bond motifs is 3. The number of carbonyl (C=O) groups excluding carboxylic acids is 1. The van der Waals surface area contributed by atoms with Crippen molar-refractivity contribution in [2.45, 2.75) is 50.1 Å². The SMILES string of the molecule is [2H]C1([2H])C2CCCC(N2C)C([2H])([2H])C1NC(=O)c1nn(C)c2ccccc12. The van der Waals surface area contributed by atoms with E-state index in [0.29, 0.717) is 18.2 Å². The van der Waals surface area contributed by atoms with Crippen molar-refractivity contribution in [1.29, 1.82) is 0 Å². The number of nitrogens with one attached hydrogen (secondary N) is 1. The van der Waals surface area contributed by atoms with E-state index in [1.165, 1.54) is 0 Å². The van der Waals surface area contributed by atoms with Gasteiger partial charge in [0.05, 0.1) is 5.52 Å². The summed E-state index contributed by atoms with van der Waals surface area (Å²) in [5.74, 6) is -0.535. The first-order valence-corrected chi connectivity index (χ1v) is 8.10. The molecule has 1 aromatic heterocycles. The Kier molecular flexibility index (Phi) is 2.65. The maximum Gasteiger partial charge on any atom is 0.272 e. The fourth-order valence-corrected chi connectivity index (χ4v) is 3.63. The number of rotatable bonds is 2. The van der Waals surface area contributed by atoms with Gasteiger partial charge >= 0.3 is 0 Å². The summed E-state index contributed by atoms with van der Waals surface area (Å²) in [6, 6.07) is 5.28. The summed E-state index contributed by atoms with van der Waals surface area (Å²) in [5, 5.41) is 7.64. The normalized spacial score (nSPS) is 35.0. The smallest absolute Gasteiger partial charge is 0.272 e. The lowest BCUT2D eigenvalue weighted by atomic mass is 9.82. The quantitative estimate of drug-likeness (QED) is 0.925. The molecule has 2 fully saturated rings. The van der Waals surface area contributed by atoms with Crippen molar-refractivity contribution in [1.82, 2.24) is 20.0 Å². The highest BCUT2D eigenvalue weighted by atomic mass is 16.2. The maximum atomic E-state index is 13.0. The fraction of sp³-hybridized carbons (Fsp3) is 0.556. The second-order valence-electron chi connectivity index (χ2n) is 6.36. The Morgan fingerprint density at radius 3 is 2.70 bits per heavy atom. The van der Waals surface area contributed by atoms with E-state index < -0.39 is 36.8 Å².